The third-order valence-corrected chi connectivity index (χ3v) is 5.04. The molecule has 4 N–H and O–H groups in total. The molecule has 0 aliphatic rings. The standard InChI is InChI=1S/C23H28N4O2/c1-4-16(3)26-22-11-19(15(2)12-25-22)18-10-20(24-13-18)23(29)27-21(14-28)17-8-6-5-7-9-17/h5-13,16,21,24,28H,4,14H2,1-3H3,(H,25,26)(H,27,29)/t16?,21-/m1/s1. The maximum atomic E-state index is 12.7. The van der Waals surface area contributed by atoms with E-state index in [1.54, 1.807) is 0 Å². The number of nitrogens with one attached hydrogen (secondary N) is 3. The van der Waals surface area contributed by atoms with Crippen LogP contribution >= 0.6 is 0 Å². The van der Waals surface area contributed by atoms with Crippen LogP contribution in [0.4, 0.5) is 5.82 Å². The maximum absolute atomic E-state index is 12.7. The lowest BCUT2D eigenvalue weighted by atomic mass is 10.0. The van der Waals surface area contributed by atoms with Crippen molar-refractivity contribution in [2.24, 2.45) is 0 Å². The molecule has 2 aromatic heterocycles. The average molecular weight is 393 g/mol. The number of pyridine rings is 1. The Morgan fingerprint density at radius 3 is 2.69 bits per heavy atom. The number of nitrogens with zero attached hydrogens (tertiary/aromatic N) is 1. The number of carbonyl (C=O) groups excluding carboxylic acids is 1. The van der Waals surface area contributed by atoms with Crippen molar-refractivity contribution >= 4 is 11.7 Å². The van der Waals surface area contributed by atoms with Gasteiger partial charge in [-0.2, -0.15) is 0 Å². The summed E-state index contributed by atoms with van der Waals surface area (Å²) >= 11 is 0. The van der Waals surface area contributed by atoms with Crippen LogP contribution in [0.2, 0.25) is 0 Å². The molecular formula is C23H28N4O2. The number of aryl methyl sites for hydroxylation is 1. The first kappa shape index (κ1) is 20.6. The highest BCUT2D eigenvalue weighted by Gasteiger charge is 2.17. The lowest BCUT2D eigenvalue weighted by Crippen LogP contribution is -2.30. The Hall–Kier alpha value is -3.12. The summed E-state index contributed by atoms with van der Waals surface area (Å²) < 4.78 is 0. The minimum Gasteiger partial charge on any atom is -0.394 e. The molecular weight excluding hydrogens is 364 g/mol. The second-order valence-electron chi connectivity index (χ2n) is 7.26. The molecule has 0 bridgehead atoms. The maximum Gasteiger partial charge on any atom is 0.268 e. The van der Waals surface area contributed by atoms with E-state index in [1.165, 1.54) is 0 Å². The molecule has 1 unspecified atom stereocenters. The number of aromatic amines is 1. The van der Waals surface area contributed by atoms with Crippen LogP contribution in [0, 0.1) is 6.92 Å². The number of rotatable bonds is 8. The van der Waals surface area contributed by atoms with Gasteiger partial charge in [-0.05, 0) is 49.1 Å². The van der Waals surface area contributed by atoms with Crippen molar-refractivity contribution in [2.45, 2.75) is 39.3 Å². The van der Waals surface area contributed by atoms with Crippen molar-refractivity contribution in [3.05, 3.63) is 71.7 Å². The van der Waals surface area contributed by atoms with E-state index in [0.29, 0.717) is 11.7 Å². The fourth-order valence-corrected chi connectivity index (χ4v) is 3.10. The Kier molecular flexibility index (Phi) is 6.67. The molecule has 0 radical (unpaired) electrons. The molecule has 2 heterocycles. The van der Waals surface area contributed by atoms with Gasteiger partial charge in [-0.15, -0.1) is 0 Å². The Bertz CT molecular complexity index is 953. The van der Waals surface area contributed by atoms with Gasteiger partial charge in [0.25, 0.3) is 5.91 Å². The summed E-state index contributed by atoms with van der Waals surface area (Å²) in [6.45, 7) is 6.07. The molecule has 3 rings (SSSR count). The minimum absolute atomic E-state index is 0.169. The molecule has 0 fully saturated rings. The molecule has 6 nitrogen and oxygen atoms in total. The summed E-state index contributed by atoms with van der Waals surface area (Å²) in [5.74, 6) is 0.556. The van der Waals surface area contributed by atoms with Gasteiger partial charge in [-0.3, -0.25) is 4.79 Å². The van der Waals surface area contributed by atoms with Crippen LogP contribution in [0.5, 0.6) is 0 Å². The number of hydrogen-bond donors (Lipinski definition) is 4. The second-order valence-corrected chi connectivity index (χ2v) is 7.26. The number of hydrogen-bond acceptors (Lipinski definition) is 4. The molecule has 0 saturated carbocycles. The van der Waals surface area contributed by atoms with Gasteiger partial charge < -0.3 is 20.7 Å². The zero-order valence-electron chi connectivity index (χ0n) is 17.1. The molecule has 0 spiro atoms. The first-order valence-electron chi connectivity index (χ1n) is 9.90. The van der Waals surface area contributed by atoms with Gasteiger partial charge in [-0.1, -0.05) is 37.3 Å². The predicted molar refractivity (Wildman–Crippen MR) is 116 cm³/mol. The van der Waals surface area contributed by atoms with Crippen LogP contribution in [-0.4, -0.2) is 33.6 Å². The monoisotopic (exact) mass is 392 g/mol. The SMILES string of the molecule is CCC(C)Nc1cc(-c2c[nH]c(C(=O)N[C@H](CO)c3ccccc3)c2)c(C)cn1. The highest BCUT2D eigenvalue weighted by molar-refractivity contribution is 5.94. The zero-order valence-corrected chi connectivity index (χ0v) is 17.1. The fraction of sp³-hybridized carbons (Fsp3) is 0.304. The predicted octanol–water partition coefficient (Wildman–Crippen LogP) is 4.06. The van der Waals surface area contributed by atoms with Crippen molar-refractivity contribution in [1.82, 2.24) is 15.3 Å². The summed E-state index contributed by atoms with van der Waals surface area (Å²) in [7, 11) is 0. The Morgan fingerprint density at radius 1 is 1.24 bits per heavy atom. The average Bonchev–Trinajstić information content (AvgIpc) is 3.24. The normalized spacial score (nSPS) is 13.0. The lowest BCUT2D eigenvalue weighted by Gasteiger charge is -2.16. The van der Waals surface area contributed by atoms with Crippen molar-refractivity contribution in [3.8, 4) is 11.1 Å². The van der Waals surface area contributed by atoms with E-state index >= 15 is 0 Å². The van der Waals surface area contributed by atoms with Crippen molar-refractivity contribution in [3.63, 3.8) is 0 Å². The second kappa shape index (κ2) is 9.39. The molecule has 0 saturated heterocycles. The van der Waals surface area contributed by atoms with Gasteiger partial charge in [0.2, 0.25) is 0 Å². The van der Waals surface area contributed by atoms with E-state index in [-0.39, 0.29) is 12.5 Å². The third kappa shape index (κ3) is 5.03. The van der Waals surface area contributed by atoms with Gasteiger partial charge >= 0.3 is 0 Å². The molecule has 0 aliphatic carbocycles. The number of benzene rings is 1. The highest BCUT2D eigenvalue weighted by Crippen LogP contribution is 2.26. The van der Waals surface area contributed by atoms with Gasteiger partial charge in [-0.25, -0.2) is 4.98 Å². The van der Waals surface area contributed by atoms with Gasteiger partial charge in [0.05, 0.1) is 12.6 Å². The van der Waals surface area contributed by atoms with Gasteiger partial charge in [0.15, 0.2) is 0 Å². The summed E-state index contributed by atoms with van der Waals surface area (Å²) in [6.07, 6.45) is 4.66. The zero-order chi connectivity index (χ0) is 20.8. The summed E-state index contributed by atoms with van der Waals surface area (Å²) in [6, 6.07) is 13.1. The van der Waals surface area contributed by atoms with Crippen LogP contribution < -0.4 is 10.6 Å². The summed E-state index contributed by atoms with van der Waals surface area (Å²) in [4.78, 5) is 20.2. The van der Waals surface area contributed by atoms with E-state index in [4.69, 9.17) is 0 Å². The van der Waals surface area contributed by atoms with Crippen LogP contribution in [0.15, 0.2) is 54.9 Å². The van der Waals surface area contributed by atoms with Crippen LogP contribution in [-0.2, 0) is 0 Å². The van der Waals surface area contributed by atoms with E-state index in [2.05, 4.69) is 34.4 Å². The molecule has 6 heteroatoms. The van der Waals surface area contributed by atoms with Crippen LogP contribution in [0.25, 0.3) is 11.1 Å². The molecule has 0 aliphatic heterocycles. The van der Waals surface area contributed by atoms with Crippen LogP contribution in [0.1, 0.15) is 47.9 Å². The smallest absolute Gasteiger partial charge is 0.268 e. The van der Waals surface area contributed by atoms with Crippen molar-refractivity contribution in [2.75, 3.05) is 11.9 Å². The number of amides is 1. The van der Waals surface area contributed by atoms with Crippen molar-refractivity contribution < 1.29 is 9.90 Å². The number of anilines is 1. The van der Waals surface area contributed by atoms with Gasteiger partial charge in [0, 0.05) is 24.0 Å². The van der Waals surface area contributed by atoms with E-state index in [9.17, 15) is 9.90 Å². The molecule has 152 valence electrons. The summed E-state index contributed by atoms with van der Waals surface area (Å²) in [5.41, 5.74) is 4.27. The Balaban J connectivity index is 1.78. The van der Waals surface area contributed by atoms with E-state index < -0.39 is 6.04 Å². The molecule has 3 aromatic rings. The van der Waals surface area contributed by atoms with Crippen molar-refractivity contribution in [1.29, 1.82) is 0 Å². The van der Waals surface area contributed by atoms with Crippen LogP contribution in [0.3, 0.4) is 0 Å². The van der Waals surface area contributed by atoms with Gasteiger partial charge in [0.1, 0.15) is 11.5 Å². The topological polar surface area (TPSA) is 90.0 Å². The minimum atomic E-state index is -0.454. The number of aliphatic hydroxyl groups excluding tert-OH is 1. The number of carbonyl (C=O) groups is 1. The first-order valence-corrected chi connectivity index (χ1v) is 9.90. The summed E-state index contributed by atoms with van der Waals surface area (Å²) in [5, 5.41) is 15.9. The fourth-order valence-electron chi connectivity index (χ4n) is 3.10. The first-order chi connectivity index (χ1) is 14.0. The quantitative estimate of drug-likeness (QED) is 0.465. The number of aromatic nitrogens is 2. The number of aliphatic hydroxyl groups is 1. The van der Waals surface area contributed by atoms with E-state index in [1.807, 2.05) is 61.8 Å². The lowest BCUT2D eigenvalue weighted by molar-refractivity contribution is 0.0912. The number of H-pyrrole nitrogens is 1. The Labute approximate surface area is 171 Å². The van der Waals surface area contributed by atoms with E-state index in [0.717, 1.165) is 34.5 Å². The molecule has 29 heavy (non-hydrogen) atoms. The Morgan fingerprint density at radius 2 is 2.00 bits per heavy atom. The largest absolute Gasteiger partial charge is 0.394 e. The molecule has 2 atom stereocenters. The molecule has 1 aromatic carbocycles. The third-order valence-electron chi connectivity index (χ3n) is 5.04. The molecule has 1 amide bonds. The highest BCUT2D eigenvalue weighted by atomic mass is 16.3.